The molecule has 56 valence electrons. The van der Waals surface area contributed by atoms with Crippen LogP contribution in [-0.2, 0) is 0 Å². The zero-order chi connectivity index (χ0) is 7.61. The summed E-state index contributed by atoms with van der Waals surface area (Å²) in [6.07, 6.45) is 1.04. The fourth-order valence-corrected chi connectivity index (χ4v) is 1.42. The van der Waals surface area contributed by atoms with Crippen LogP contribution in [0.3, 0.4) is 0 Å². The van der Waals surface area contributed by atoms with E-state index in [2.05, 4.69) is 17.9 Å². The standard InChI is InChI=1S/C8H14N2/c1-3-10-5-4-8(2,6-9)7-10/h3-5,7H2,1-2H3. The van der Waals surface area contributed by atoms with Crippen LogP contribution in [-0.4, -0.2) is 24.5 Å². The largest absolute Gasteiger partial charge is 0.302 e. The number of nitriles is 1. The lowest BCUT2D eigenvalue weighted by Gasteiger charge is -2.14. The van der Waals surface area contributed by atoms with Gasteiger partial charge in [0.05, 0.1) is 11.5 Å². The first-order valence-electron chi connectivity index (χ1n) is 3.84. The van der Waals surface area contributed by atoms with Crippen LogP contribution in [0.5, 0.6) is 0 Å². The molecule has 1 aliphatic heterocycles. The zero-order valence-electron chi connectivity index (χ0n) is 6.72. The lowest BCUT2D eigenvalue weighted by molar-refractivity contribution is 0.326. The fraction of sp³-hybridized carbons (Fsp3) is 0.875. The molecule has 0 saturated carbocycles. The third kappa shape index (κ3) is 1.30. The van der Waals surface area contributed by atoms with Crippen LogP contribution < -0.4 is 0 Å². The van der Waals surface area contributed by atoms with E-state index in [1.54, 1.807) is 0 Å². The highest BCUT2D eigenvalue weighted by atomic mass is 15.1. The van der Waals surface area contributed by atoms with Gasteiger partial charge in [0.1, 0.15) is 0 Å². The van der Waals surface area contributed by atoms with Crippen molar-refractivity contribution in [2.45, 2.75) is 20.3 Å². The Kier molecular flexibility index (Phi) is 1.96. The molecular formula is C8H14N2. The third-order valence-electron chi connectivity index (χ3n) is 2.27. The van der Waals surface area contributed by atoms with Crippen molar-refractivity contribution in [2.24, 2.45) is 5.41 Å². The van der Waals surface area contributed by atoms with Crippen molar-refractivity contribution < 1.29 is 0 Å². The van der Waals surface area contributed by atoms with Crippen LogP contribution in [0.1, 0.15) is 20.3 Å². The molecule has 0 aliphatic carbocycles. The molecule has 0 radical (unpaired) electrons. The van der Waals surface area contributed by atoms with E-state index in [-0.39, 0.29) is 5.41 Å². The van der Waals surface area contributed by atoms with Crippen LogP contribution in [0.25, 0.3) is 0 Å². The van der Waals surface area contributed by atoms with Crippen molar-refractivity contribution in [1.82, 2.24) is 4.90 Å². The molecule has 2 heteroatoms. The molecule has 1 saturated heterocycles. The van der Waals surface area contributed by atoms with Crippen LogP contribution in [0.15, 0.2) is 0 Å². The summed E-state index contributed by atoms with van der Waals surface area (Å²) in [6.45, 7) is 7.32. The molecule has 1 heterocycles. The van der Waals surface area contributed by atoms with E-state index in [4.69, 9.17) is 5.26 Å². The maximum absolute atomic E-state index is 8.76. The molecule has 10 heavy (non-hydrogen) atoms. The Morgan fingerprint density at radius 3 is 2.70 bits per heavy atom. The third-order valence-corrected chi connectivity index (χ3v) is 2.27. The Morgan fingerprint density at radius 1 is 1.70 bits per heavy atom. The Balaban J connectivity index is 2.51. The fourth-order valence-electron chi connectivity index (χ4n) is 1.42. The second kappa shape index (κ2) is 2.59. The van der Waals surface area contributed by atoms with Crippen molar-refractivity contribution in [3.8, 4) is 6.07 Å². The zero-order valence-corrected chi connectivity index (χ0v) is 6.72. The first kappa shape index (κ1) is 7.56. The SMILES string of the molecule is CCN1CCC(C)(C#N)C1. The van der Waals surface area contributed by atoms with Gasteiger partial charge in [-0.3, -0.25) is 0 Å². The number of rotatable bonds is 1. The average Bonchev–Trinajstić information content (AvgIpc) is 2.33. The van der Waals surface area contributed by atoms with Crippen molar-refractivity contribution >= 4 is 0 Å². The summed E-state index contributed by atoms with van der Waals surface area (Å²) < 4.78 is 0. The first-order chi connectivity index (χ1) is 4.70. The van der Waals surface area contributed by atoms with Gasteiger partial charge in [-0.05, 0) is 26.4 Å². The van der Waals surface area contributed by atoms with Crippen molar-refractivity contribution in [1.29, 1.82) is 5.26 Å². The quantitative estimate of drug-likeness (QED) is 0.545. The van der Waals surface area contributed by atoms with E-state index in [0.717, 1.165) is 26.1 Å². The summed E-state index contributed by atoms with van der Waals surface area (Å²) in [6, 6.07) is 2.36. The molecule has 1 unspecified atom stereocenters. The maximum Gasteiger partial charge on any atom is 0.0700 e. The van der Waals surface area contributed by atoms with Crippen molar-refractivity contribution in [3.05, 3.63) is 0 Å². The molecule has 1 atom stereocenters. The Hall–Kier alpha value is -0.550. The molecule has 1 rings (SSSR count). The van der Waals surface area contributed by atoms with Gasteiger partial charge in [0.25, 0.3) is 0 Å². The summed E-state index contributed by atoms with van der Waals surface area (Å²) in [5, 5.41) is 8.76. The van der Waals surface area contributed by atoms with Crippen molar-refractivity contribution in [2.75, 3.05) is 19.6 Å². The molecular weight excluding hydrogens is 124 g/mol. The minimum Gasteiger partial charge on any atom is -0.302 e. The maximum atomic E-state index is 8.76. The molecule has 0 amide bonds. The molecule has 0 bridgehead atoms. The van der Waals surface area contributed by atoms with Gasteiger partial charge in [0.15, 0.2) is 0 Å². The number of hydrogen-bond donors (Lipinski definition) is 0. The monoisotopic (exact) mass is 138 g/mol. The van der Waals surface area contributed by atoms with E-state index >= 15 is 0 Å². The molecule has 0 aromatic carbocycles. The van der Waals surface area contributed by atoms with Crippen LogP contribution in [0.4, 0.5) is 0 Å². The number of hydrogen-bond acceptors (Lipinski definition) is 2. The minimum absolute atomic E-state index is 0.0595. The van der Waals surface area contributed by atoms with Crippen LogP contribution in [0, 0.1) is 16.7 Å². The molecule has 0 aromatic heterocycles. The summed E-state index contributed by atoms with van der Waals surface area (Å²) in [7, 11) is 0. The molecule has 0 spiro atoms. The number of nitrogens with zero attached hydrogens (tertiary/aromatic N) is 2. The first-order valence-corrected chi connectivity index (χ1v) is 3.84. The summed E-state index contributed by atoms with van der Waals surface area (Å²) >= 11 is 0. The Morgan fingerprint density at radius 2 is 2.40 bits per heavy atom. The van der Waals surface area contributed by atoms with Gasteiger partial charge < -0.3 is 4.90 Å². The minimum atomic E-state index is -0.0595. The van der Waals surface area contributed by atoms with Gasteiger partial charge >= 0.3 is 0 Å². The van der Waals surface area contributed by atoms with Crippen LogP contribution >= 0.6 is 0 Å². The Bertz CT molecular complexity index is 159. The highest BCUT2D eigenvalue weighted by molar-refractivity contribution is 5.01. The Labute approximate surface area is 62.4 Å². The average molecular weight is 138 g/mol. The van der Waals surface area contributed by atoms with E-state index < -0.39 is 0 Å². The molecule has 0 N–H and O–H groups in total. The summed E-state index contributed by atoms with van der Waals surface area (Å²) in [4.78, 5) is 2.32. The lowest BCUT2D eigenvalue weighted by atomic mass is 9.92. The summed E-state index contributed by atoms with van der Waals surface area (Å²) in [5.41, 5.74) is -0.0595. The molecule has 1 aliphatic rings. The van der Waals surface area contributed by atoms with E-state index in [9.17, 15) is 0 Å². The van der Waals surface area contributed by atoms with Gasteiger partial charge in [0, 0.05) is 6.54 Å². The van der Waals surface area contributed by atoms with Gasteiger partial charge in [-0.1, -0.05) is 6.92 Å². The highest BCUT2D eigenvalue weighted by Crippen LogP contribution is 2.28. The van der Waals surface area contributed by atoms with E-state index in [1.807, 2.05) is 6.92 Å². The predicted molar refractivity (Wildman–Crippen MR) is 40.5 cm³/mol. The van der Waals surface area contributed by atoms with E-state index in [0.29, 0.717) is 0 Å². The van der Waals surface area contributed by atoms with E-state index in [1.165, 1.54) is 0 Å². The van der Waals surface area contributed by atoms with Crippen molar-refractivity contribution in [3.63, 3.8) is 0 Å². The smallest absolute Gasteiger partial charge is 0.0700 e. The molecule has 1 fully saturated rings. The van der Waals surface area contributed by atoms with Gasteiger partial charge in [0.2, 0.25) is 0 Å². The second-order valence-electron chi connectivity index (χ2n) is 3.29. The lowest BCUT2D eigenvalue weighted by Crippen LogP contribution is -2.23. The second-order valence-corrected chi connectivity index (χ2v) is 3.29. The molecule has 2 nitrogen and oxygen atoms in total. The number of likely N-dealkylation sites (tertiary alicyclic amines) is 1. The normalized spacial score (nSPS) is 34.1. The topological polar surface area (TPSA) is 27.0 Å². The van der Waals surface area contributed by atoms with Gasteiger partial charge in [-0.25, -0.2) is 0 Å². The highest BCUT2D eigenvalue weighted by Gasteiger charge is 2.32. The van der Waals surface area contributed by atoms with Gasteiger partial charge in [-0.2, -0.15) is 5.26 Å². The predicted octanol–water partition coefficient (Wildman–Crippen LogP) is 1.24. The van der Waals surface area contributed by atoms with Crippen LogP contribution in [0.2, 0.25) is 0 Å². The summed E-state index contributed by atoms with van der Waals surface area (Å²) in [5.74, 6) is 0. The molecule has 0 aromatic rings. The van der Waals surface area contributed by atoms with Gasteiger partial charge in [-0.15, -0.1) is 0 Å².